The van der Waals surface area contributed by atoms with Crippen molar-refractivity contribution in [2.24, 2.45) is 0 Å². The minimum atomic E-state index is -0.141. The Morgan fingerprint density at radius 1 is 0.875 bits per heavy atom. The number of hydrogen-bond acceptors (Lipinski definition) is 3. The molecule has 0 saturated carbocycles. The Morgan fingerprint density at radius 2 is 1.19 bits per heavy atom. The van der Waals surface area contributed by atoms with Crippen LogP contribution in [0.2, 0.25) is 0 Å². The first kappa shape index (κ1) is 15.9. The van der Waals surface area contributed by atoms with Crippen molar-refractivity contribution in [2.45, 2.75) is 53.3 Å². The van der Waals surface area contributed by atoms with Crippen molar-refractivity contribution in [3.8, 4) is 0 Å². The van der Waals surface area contributed by atoms with Gasteiger partial charge in [-0.1, -0.05) is 27.7 Å². The minimum absolute atomic E-state index is 0.141. The molecule has 3 heteroatoms. The molecule has 98 valence electrons. The second-order valence-corrected chi connectivity index (χ2v) is 4.62. The maximum Gasteiger partial charge on any atom is 0.0916 e. The number of nitrogens with zero attached hydrogens (tertiary/aromatic N) is 2. The van der Waals surface area contributed by atoms with Crippen LogP contribution >= 0.6 is 0 Å². The molecule has 0 aromatic rings. The first-order chi connectivity index (χ1) is 7.48. The smallest absolute Gasteiger partial charge is 0.0916 e. The zero-order valence-corrected chi connectivity index (χ0v) is 12.2. The molecule has 0 unspecified atom stereocenters. The van der Waals surface area contributed by atoms with Crippen molar-refractivity contribution in [3.05, 3.63) is 0 Å². The van der Waals surface area contributed by atoms with Crippen LogP contribution in [0.15, 0.2) is 0 Å². The molecular weight excluding hydrogens is 200 g/mol. The van der Waals surface area contributed by atoms with Crippen molar-refractivity contribution in [3.63, 3.8) is 0 Å². The van der Waals surface area contributed by atoms with E-state index < -0.39 is 0 Å². The van der Waals surface area contributed by atoms with Gasteiger partial charge in [0.1, 0.15) is 0 Å². The van der Waals surface area contributed by atoms with Gasteiger partial charge in [-0.3, -0.25) is 9.80 Å². The van der Waals surface area contributed by atoms with E-state index in [2.05, 4.69) is 51.3 Å². The summed E-state index contributed by atoms with van der Waals surface area (Å²) in [5.41, 5.74) is -0.141. The van der Waals surface area contributed by atoms with Gasteiger partial charge in [0.2, 0.25) is 0 Å². The Bertz CT molecular complexity index is 163. The summed E-state index contributed by atoms with van der Waals surface area (Å²) in [6.45, 7) is 17.4. The van der Waals surface area contributed by atoms with Crippen molar-refractivity contribution >= 4 is 0 Å². The Labute approximate surface area is 102 Å². The third kappa shape index (κ3) is 3.72. The molecule has 0 aliphatic rings. The van der Waals surface area contributed by atoms with Gasteiger partial charge < -0.3 is 4.74 Å². The van der Waals surface area contributed by atoms with Crippen molar-refractivity contribution < 1.29 is 4.74 Å². The Kier molecular flexibility index (Phi) is 7.20. The molecule has 0 fully saturated rings. The highest BCUT2D eigenvalue weighted by molar-refractivity contribution is 4.86. The average molecular weight is 230 g/mol. The van der Waals surface area contributed by atoms with Crippen LogP contribution in [0.3, 0.4) is 0 Å². The van der Waals surface area contributed by atoms with Gasteiger partial charge >= 0.3 is 0 Å². The largest absolute Gasteiger partial charge is 0.376 e. The van der Waals surface area contributed by atoms with Gasteiger partial charge in [0.15, 0.2) is 0 Å². The van der Waals surface area contributed by atoms with Gasteiger partial charge in [-0.25, -0.2) is 0 Å². The normalized spacial score (nSPS) is 13.1. The summed E-state index contributed by atoms with van der Waals surface area (Å²) in [5.74, 6) is 0. The molecule has 0 amide bonds. The first-order valence-electron chi connectivity index (χ1n) is 6.51. The van der Waals surface area contributed by atoms with E-state index in [-0.39, 0.29) is 5.60 Å². The monoisotopic (exact) mass is 230 g/mol. The second-order valence-electron chi connectivity index (χ2n) is 4.62. The van der Waals surface area contributed by atoms with Crippen LogP contribution in [0.25, 0.3) is 0 Å². The Balaban J connectivity index is 5.01. The zero-order valence-electron chi connectivity index (χ0n) is 12.2. The van der Waals surface area contributed by atoms with Gasteiger partial charge in [-0.2, -0.15) is 0 Å². The van der Waals surface area contributed by atoms with Crippen LogP contribution < -0.4 is 0 Å². The standard InChI is InChI=1S/C13H30N2O/c1-8-14(9-2)12(13(5,6)16-7)15(10-3)11-4/h12H,8-11H2,1-7H3. The van der Waals surface area contributed by atoms with E-state index in [4.69, 9.17) is 4.74 Å². The first-order valence-corrected chi connectivity index (χ1v) is 6.51. The van der Waals surface area contributed by atoms with E-state index in [0.29, 0.717) is 6.17 Å². The number of methoxy groups -OCH3 is 1. The number of rotatable bonds is 8. The number of likely N-dealkylation sites (N-methyl/N-ethyl adjacent to an activating group) is 2. The maximum atomic E-state index is 5.69. The summed E-state index contributed by atoms with van der Waals surface area (Å²) in [4.78, 5) is 4.94. The maximum absolute atomic E-state index is 5.69. The van der Waals surface area contributed by atoms with Crippen LogP contribution in [0.4, 0.5) is 0 Å². The molecule has 0 radical (unpaired) electrons. The van der Waals surface area contributed by atoms with E-state index in [9.17, 15) is 0 Å². The fraction of sp³-hybridized carbons (Fsp3) is 1.00. The fourth-order valence-electron chi connectivity index (χ4n) is 2.35. The number of ether oxygens (including phenoxy) is 1. The molecule has 0 saturated heterocycles. The van der Waals surface area contributed by atoms with Crippen molar-refractivity contribution in [1.82, 2.24) is 9.80 Å². The van der Waals surface area contributed by atoms with Gasteiger partial charge in [0.25, 0.3) is 0 Å². The summed E-state index contributed by atoms with van der Waals surface area (Å²) in [6.07, 6.45) is 0.350. The van der Waals surface area contributed by atoms with Gasteiger partial charge in [0, 0.05) is 7.11 Å². The molecule has 0 heterocycles. The SMILES string of the molecule is CCN(CC)C(N(CC)CC)C(C)(C)OC. The van der Waals surface area contributed by atoms with Crippen molar-refractivity contribution in [2.75, 3.05) is 33.3 Å². The highest BCUT2D eigenvalue weighted by atomic mass is 16.5. The van der Waals surface area contributed by atoms with E-state index in [1.807, 2.05) is 0 Å². The molecule has 0 atom stereocenters. The quantitative estimate of drug-likeness (QED) is 0.596. The van der Waals surface area contributed by atoms with E-state index >= 15 is 0 Å². The molecule has 0 spiro atoms. The Morgan fingerprint density at radius 3 is 1.38 bits per heavy atom. The molecule has 0 aromatic heterocycles. The molecule has 0 aliphatic carbocycles. The molecule has 0 N–H and O–H groups in total. The van der Waals surface area contributed by atoms with Crippen molar-refractivity contribution in [1.29, 1.82) is 0 Å². The molecule has 0 aliphatic heterocycles. The van der Waals surface area contributed by atoms with E-state index in [0.717, 1.165) is 26.2 Å². The van der Waals surface area contributed by atoms with Crippen LogP contribution in [-0.4, -0.2) is 54.9 Å². The van der Waals surface area contributed by atoms with Crippen LogP contribution in [-0.2, 0) is 4.74 Å². The Hall–Kier alpha value is -0.120. The lowest BCUT2D eigenvalue weighted by Gasteiger charge is -2.46. The molecule has 3 nitrogen and oxygen atoms in total. The molecule has 0 rings (SSSR count). The summed E-state index contributed by atoms with van der Waals surface area (Å²) in [6, 6.07) is 0. The van der Waals surface area contributed by atoms with Gasteiger partial charge in [-0.15, -0.1) is 0 Å². The molecular formula is C13H30N2O. The number of hydrogen-bond donors (Lipinski definition) is 0. The predicted octanol–water partition coefficient (Wildman–Crippen LogP) is 2.42. The third-order valence-corrected chi connectivity index (χ3v) is 3.46. The lowest BCUT2D eigenvalue weighted by molar-refractivity contribution is -0.113. The van der Waals surface area contributed by atoms with E-state index in [1.54, 1.807) is 7.11 Å². The lowest BCUT2D eigenvalue weighted by Crippen LogP contribution is -2.59. The van der Waals surface area contributed by atoms with Gasteiger partial charge in [-0.05, 0) is 40.0 Å². The van der Waals surface area contributed by atoms with E-state index in [1.165, 1.54) is 0 Å². The molecule has 0 aromatic carbocycles. The van der Waals surface area contributed by atoms with Crippen LogP contribution in [0, 0.1) is 0 Å². The predicted molar refractivity (Wildman–Crippen MR) is 70.7 cm³/mol. The minimum Gasteiger partial charge on any atom is -0.376 e. The highest BCUT2D eigenvalue weighted by Gasteiger charge is 2.36. The summed E-state index contributed by atoms with van der Waals surface area (Å²) in [7, 11) is 1.81. The molecule has 16 heavy (non-hydrogen) atoms. The lowest BCUT2D eigenvalue weighted by atomic mass is 10.0. The second kappa shape index (κ2) is 7.25. The average Bonchev–Trinajstić information content (AvgIpc) is 2.29. The van der Waals surface area contributed by atoms with Crippen LogP contribution in [0.5, 0.6) is 0 Å². The topological polar surface area (TPSA) is 15.7 Å². The fourth-order valence-corrected chi connectivity index (χ4v) is 2.35. The third-order valence-electron chi connectivity index (χ3n) is 3.46. The van der Waals surface area contributed by atoms with Gasteiger partial charge in [0.05, 0.1) is 11.8 Å². The summed E-state index contributed by atoms with van der Waals surface area (Å²) < 4.78 is 5.69. The molecule has 0 bridgehead atoms. The summed E-state index contributed by atoms with van der Waals surface area (Å²) >= 11 is 0. The summed E-state index contributed by atoms with van der Waals surface area (Å²) in [5, 5.41) is 0. The van der Waals surface area contributed by atoms with Crippen LogP contribution in [0.1, 0.15) is 41.5 Å². The zero-order chi connectivity index (χ0) is 12.8. The highest BCUT2D eigenvalue weighted by Crippen LogP contribution is 2.22.